The quantitative estimate of drug-likeness (QED) is 0.565. The molecule has 0 aliphatic heterocycles. The van der Waals surface area contributed by atoms with Crippen molar-refractivity contribution in [3.8, 4) is 5.82 Å². The summed E-state index contributed by atoms with van der Waals surface area (Å²) < 4.78 is 1.86. The molecule has 2 rings (SSSR count). The molecule has 0 bridgehead atoms. The first kappa shape index (κ1) is 7.85. The maximum absolute atomic E-state index is 4.17. The zero-order chi connectivity index (χ0) is 9.26. The van der Waals surface area contributed by atoms with Crippen molar-refractivity contribution in [3.63, 3.8) is 0 Å². The summed E-state index contributed by atoms with van der Waals surface area (Å²) in [5.74, 6) is 0.856. The van der Waals surface area contributed by atoms with Crippen LogP contribution < -0.4 is 4.68 Å². The van der Waals surface area contributed by atoms with Crippen LogP contribution in [0, 0.1) is 6.92 Å². The van der Waals surface area contributed by atoms with Crippen molar-refractivity contribution in [2.75, 3.05) is 0 Å². The van der Waals surface area contributed by atoms with Gasteiger partial charge in [0, 0.05) is 11.8 Å². The molecule has 5 nitrogen and oxygen atoms in total. The fourth-order valence-corrected chi connectivity index (χ4v) is 1.18. The van der Waals surface area contributed by atoms with E-state index in [4.69, 9.17) is 0 Å². The minimum Gasteiger partial charge on any atom is -0.228 e. The van der Waals surface area contributed by atoms with Gasteiger partial charge < -0.3 is 0 Å². The molecule has 2 aromatic rings. The fraction of sp³-hybridized carbons (Fsp3) is 0.250. The summed E-state index contributed by atoms with van der Waals surface area (Å²) in [5.41, 5.74) is 1.02. The van der Waals surface area contributed by atoms with Gasteiger partial charge in [-0.25, -0.2) is 4.98 Å². The Morgan fingerprint density at radius 3 is 2.92 bits per heavy atom. The van der Waals surface area contributed by atoms with Crippen molar-refractivity contribution < 1.29 is 4.68 Å². The summed E-state index contributed by atoms with van der Waals surface area (Å²) in [6.07, 6.45) is 6.89. The Morgan fingerprint density at radius 1 is 1.46 bits per heavy atom. The molecular weight excluding hydrogens is 166 g/mol. The van der Waals surface area contributed by atoms with Crippen molar-refractivity contribution in [2.24, 2.45) is 7.05 Å². The minimum absolute atomic E-state index is 0.856. The molecule has 2 aromatic heterocycles. The molecule has 0 amide bonds. The summed E-state index contributed by atoms with van der Waals surface area (Å²) in [7, 11) is 1.86. The van der Waals surface area contributed by atoms with Crippen LogP contribution >= 0.6 is 0 Å². The van der Waals surface area contributed by atoms with E-state index >= 15 is 0 Å². The fourth-order valence-electron chi connectivity index (χ4n) is 1.18. The van der Waals surface area contributed by atoms with Crippen LogP contribution in [0.15, 0.2) is 24.9 Å². The van der Waals surface area contributed by atoms with Gasteiger partial charge in [-0.05, 0) is 12.0 Å². The van der Waals surface area contributed by atoms with Gasteiger partial charge in [-0.3, -0.25) is 0 Å². The van der Waals surface area contributed by atoms with Gasteiger partial charge in [0.05, 0.1) is 7.05 Å². The molecule has 0 N–H and O–H groups in total. The first-order valence-electron chi connectivity index (χ1n) is 3.96. The van der Waals surface area contributed by atoms with E-state index in [2.05, 4.69) is 15.1 Å². The van der Waals surface area contributed by atoms with Crippen molar-refractivity contribution in [3.05, 3.63) is 30.5 Å². The molecule has 13 heavy (non-hydrogen) atoms. The van der Waals surface area contributed by atoms with Gasteiger partial charge in [0.15, 0.2) is 12.5 Å². The normalized spacial score (nSPS) is 10.3. The molecule has 0 aromatic carbocycles. The van der Waals surface area contributed by atoms with E-state index in [9.17, 15) is 0 Å². The average Bonchev–Trinajstić information content (AvgIpc) is 2.52. The zero-order valence-corrected chi connectivity index (χ0v) is 7.55. The third-order valence-electron chi connectivity index (χ3n) is 1.84. The molecule has 0 aliphatic rings. The van der Waals surface area contributed by atoms with Gasteiger partial charge >= 0.3 is 0 Å². The van der Waals surface area contributed by atoms with Crippen molar-refractivity contribution in [1.29, 1.82) is 0 Å². The van der Waals surface area contributed by atoms with E-state index in [1.54, 1.807) is 17.2 Å². The third kappa shape index (κ3) is 1.28. The van der Waals surface area contributed by atoms with Gasteiger partial charge in [-0.15, -0.1) is 4.68 Å². The van der Waals surface area contributed by atoms with Crippen LogP contribution in [0.4, 0.5) is 0 Å². The predicted molar refractivity (Wildman–Crippen MR) is 45.1 cm³/mol. The smallest absolute Gasteiger partial charge is 0.228 e. The van der Waals surface area contributed by atoms with E-state index in [1.165, 1.54) is 6.33 Å². The van der Waals surface area contributed by atoms with E-state index in [1.807, 2.05) is 24.9 Å². The molecule has 0 atom stereocenters. The second-order valence-corrected chi connectivity index (χ2v) is 2.78. The molecule has 0 spiro atoms. The van der Waals surface area contributed by atoms with E-state index in [0.29, 0.717) is 0 Å². The monoisotopic (exact) mass is 176 g/mol. The van der Waals surface area contributed by atoms with Gasteiger partial charge in [0.1, 0.15) is 6.20 Å². The number of hydrogen-bond acceptors (Lipinski definition) is 3. The SMILES string of the molecule is Cc1cncnc1-[n+]1ccnn1C. The summed E-state index contributed by atoms with van der Waals surface area (Å²) in [5, 5.41) is 4.05. The van der Waals surface area contributed by atoms with Gasteiger partial charge in [0.2, 0.25) is 0 Å². The average molecular weight is 176 g/mol. The van der Waals surface area contributed by atoms with Crippen LogP contribution in [0.2, 0.25) is 0 Å². The topological polar surface area (TPSA) is 47.5 Å². The van der Waals surface area contributed by atoms with Crippen molar-refractivity contribution in [2.45, 2.75) is 6.92 Å². The lowest BCUT2D eigenvalue weighted by Gasteiger charge is -1.97. The summed E-state index contributed by atoms with van der Waals surface area (Å²) in [4.78, 5) is 9.82. The Morgan fingerprint density at radius 2 is 2.31 bits per heavy atom. The molecule has 0 saturated carbocycles. The van der Waals surface area contributed by atoms with Crippen LogP contribution in [0.1, 0.15) is 5.56 Å². The summed E-state index contributed by atoms with van der Waals surface area (Å²) >= 11 is 0. The molecular formula is C8H10N5+. The highest BCUT2D eigenvalue weighted by Gasteiger charge is 2.11. The Kier molecular flexibility index (Phi) is 1.77. The third-order valence-corrected chi connectivity index (χ3v) is 1.84. The largest absolute Gasteiger partial charge is 0.290 e. The lowest BCUT2D eigenvalue weighted by Crippen LogP contribution is -2.41. The number of aryl methyl sites for hydroxylation is 2. The number of aromatic nitrogens is 5. The molecule has 0 aliphatic carbocycles. The molecule has 5 heteroatoms. The van der Waals surface area contributed by atoms with E-state index in [-0.39, 0.29) is 0 Å². The Balaban J connectivity index is 2.59. The second kappa shape index (κ2) is 2.93. The maximum Gasteiger partial charge on any atom is 0.290 e. The van der Waals surface area contributed by atoms with Gasteiger partial charge in [-0.2, -0.15) is 0 Å². The van der Waals surface area contributed by atoms with E-state index < -0.39 is 0 Å². The number of hydrogen-bond donors (Lipinski definition) is 0. The standard InChI is InChI=1S/C8H10N5/c1-7-5-9-6-10-8(7)13-4-3-11-12(13)2/h3-6H,1-2H3/q+1. The molecule has 0 radical (unpaired) electrons. The van der Waals surface area contributed by atoms with Crippen LogP contribution in [0.25, 0.3) is 5.82 Å². The highest BCUT2D eigenvalue weighted by Crippen LogP contribution is 1.98. The van der Waals surface area contributed by atoms with E-state index in [0.717, 1.165) is 11.4 Å². The summed E-state index contributed by atoms with van der Waals surface area (Å²) in [6, 6.07) is 0. The highest BCUT2D eigenvalue weighted by molar-refractivity contribution is 5.19. The Hall–Kier alpha value is -1.78. The summed E-state index contributed by atoms with van der Waals surface area (Å²) in [6.45, 7) is 1.97. The first-order valence-corrected chi connectivity index (χ1v) is 3.96. The molecule has 0 unspecified atom stereocenters. The maximum atomic E-state index is 4.17. The lowest BCUT2D eigenvalue weighted by atomic mass is 10.3. The molecule has 2 heterocycles. The minimum atomic E-state index is 0.856. The zero-order valence-electron chi connectivity index (χ0n) is 7.55. The van der Waals surface area contributed by atoms with Crippen molar-refractivity contribution in [1.82, 2.24) is 19.9 Å². The van der Waals surface area contributed by atoms with Crippen LogP contribution in [-0.4, -0.2) is 19.9 Å². The van der Waals surface area contributed by atoms with Crippen LogP contribution in [0.3, 0.4) is 0 Å². The highest BCUT2D eigenvalue weighted by atomic mass is 15.5. The Labute approximate surface area is 75.7 Å². The lowest BCUT2D eigenvalue weighted by molar-refractivity contribution is -0.691. The molecule has 0 fully saturated rings. The van der Waals surface area contributed by atoms with Gasteiger partial charge in [0.25, 0.3) is 5.82 Å². The number of rotatable bonds is 1. The molecule has 0 saturated heterocycles. The van der Waals surface area contributed by atoms with Crippen LogP contribution in [-0.2, 0) is 7.05 Å². The second-order valence-electron chi connectivity index (χ2n) is 2.78. The predicted octanol–water partition coefficient (Wildman–Crippen LogP) is -0.205. The first-order chi connectivity index (χ1) is 6.29. The number of nitrogens with zero attached hydrogens (tertiary/aromatic N) is 5. The van der Waals surface area contributed by atoms with Crippen molar-refractivity contribution >= 4 is 0 Å². The van der Waals surface area contributed by atoms with Gasteiger partial charge in [-0.1, -0.05) is 9.78 Å². The van der Waals surface area contributed by atoms with Crippen LogP contribution in [0.5, 0.6) is 0 Å². The Bertz CT molecular complexity index is 420. The molecule has 66 valence electrons.